The predicted molar refractivity (Wildman–Crippen MR) is 104 cm³/mol. The van der Waals surface area contributed by atoms with Crippen LogP contribution >= 0.6 is 23.1 Å². The van der Waals surface area contributed by atoms with Crippen molar-refractivity contribution in [3.05, 3.63) is 58.2 Å². The molecular weight excluding hydrogens is 401 g/mol. The summed E-state index contributed by atoms with van der Waals surface area (Å²) in [5.41, 5.74) is 3.91. The van der Waals surface area contributed by atoms with Crippen LogP contribution in [-0.2, 0) is 6.54 Å². The summed E-state index contributed by atoms with van der Waals surface area (Å²) in [6.07, 6.45) is 0. The fraction of sp³-hybridized carbons (Fsp3) is 0.176. The molecule has 0 aliphatic rings. The van der Waals surface area contributed by atoms with E-state index in [1.54, 1.807) is 29.1 Å². The summed E-state index contributed by atoms with van der Waals surface area (Å²) in [6, 6.07) is 6.02. The SMILES string of the molecule is Cc1nsnc1Cn1nnc(C(=O)Nc2nc(-c3ccc(F)cc3)cs2)c1C. The van der Waals surface area contributed by atoms with E-state index in [1.165, 1.54) is 23.5 Å². The van der Waals surface area contributed by atoms with Gasteiger partial charge in [-0.05, 0) is 38.1 Å². The predicted octanol–water partition coefficient (Wildman–Crippen LogP) is 3.31. The Morgan fingerprint density at radius 1 is 1.21 bits per heavy atom. The minimum absolute atomic E-state index is 0.222. The first-order valence-electron chi connectivity index (χ1n) is 8.22. The summed E-state index contributed by atoms with van der Waals surface area (Å²) < 4.78 is 23.0. The second-order valence-electron chi connectivity index (χ2n) is 5.98. The van der Waals surface area contributed by atoms with E-state index in [1.807, 2.05) is 6.92 Å². The molecule has 3 aromatic heterocycles. The molecule has 11 heteroatoms. The number of halogens is 1. The molecule has 8 nitrogen and oxygen atoms in total. The lowest BCUT2D eigenvalue weighted by Crippen LogP contribution is -2.14. The molecule has 1 amide bonds. The van der Waals surface area contributed by atoms with Crippen LogP contribution in [0, 0.1) is 19.7 Å². The molecule has 4 rings (SSSR count). The lowest BCUT2D eigenvalue weighted by atomic mass is 10.2. The van der Waals surface area contributed by atoms with Crippen molar-refractivity contribution in [2.24, 2.45) is 0 Å². The minimum Gasteiger partial charge on any atom is -0.296 e. The Labute approximate surface area is 167 Å². The molecule has 1 N–H and O–H groups in total. The Bertz CT molecular complexity index is 1130. The van der Waals surface area contributed by atoms with E-state index in [0.717, 1.165) is 28.7 Å². The number of rotatable bonds is 5. The number of benzene rings is 1. The zero-order valence-electron chi connectivity index (χ0n) is 14.9. The molecule has 142 valence electrons. The van der Waals surface area contributed by atoms with E-state index in [9.17, 15) is 9.18 Å². The quantitative estimate of drug-likeness (QED) is 0.537. The number of amides is 1. The van der Waals surface area contributed by atoms with Gasteiger partial charge in [-0.1, -0.05) is 5.21 Å². The van der Waals surface area contributed by atoms with Crippen molar-refractivity contribution in [3.8, 4) is 11.3 Å². The summed E-state index contributed by atoms with van der Waals surface area (Å²) in [6.45, 7) is 4.05. The average molecular weight is 415 g/mol. The molecule has 0 fully saturated rings. The number of carbonyl (C=O) groups excluding carboxylic acids is 1. The number of anilines is 1. The van der Waals surface area contributed by atoms with Crippen LogP contribution in [0.3, 0.4) is 0 Å². The monoisotopic (exact) mass is 415 g/mol. The normalized spacial score (nSPS) is 11.0. The maximum atomic E-state index is 13.1. The number of carbonyl (C=O) groups is 1. The highest BCUT2D eigenvalue weighted by Gasteiger charge is 2.19. The van der Waals surface area contributed by atoms with Crippen LogP contribution in [0.4, 0.5) is 9.52 Å². The van der Waals surface area contributed by atoms with Gasteiger partial charge in [-0.2, -0.15) is 8.75 Å². The van der Waals surface area contributed by atoms with Crippen LogP contribution in [0.15, 0.2) is 29.6 Å². The Kier molecular flexibility index (Phi) is 4.92. The maximum absolute atomic E-state index is 13.1. The van der Waals surface area contributed by atoms with Gasteiger partial charge in [0.25, 0.3) is 5.91 Å². The molecule has 0 radical (unpaired) electrons. The Morgan fingerprint density at radius 3 is 2.71 bits per heavy atom. The van der Waals surface area contributed by atoms with Gasteiger partial charge in [0.15, 0.2) is 10.8 Å². The summed E-state index contributed by atoms with van der Waals surface area (Å²) in [5.74, 6) is -0.702. The summed E-state index contributed by atoms with van der Waals surface area (Å²) in [5, 5.41) is 13.0. The summed E-state index contributed by atoms with van der Waals surface area (Å²) >= 11 is 2.42. The lowest BCUT2D eigenvalue weighted by Gasteiger charge is -2.02. The van der Waals surface area contributed by atoms with Crippen molar-refractivity contribution in [2.45, 2.75) is 20.4 Å². The molecular formula is C17H14FN7OS2. The van der Waals surface area contributed by atoms with E-state index in [-0.39, 0.29) is 11.5 Å². The second kappa shape index (κ2) is 7.52. The van der Waals surface area contributed by atoms with Crippen molar-refractivity contribution in [1.29, 1.82) is 0 Å². The Morgan fingerprint density at radius 2 is 2.00 bits per heavy atom. The highest BCUT2D eigenvalue weighted by Crippen LogP contribution is 2.25. The fourth-order valence-electron chi connectivity index (χ4n) is 2.50. The second-order valence-corrected chi connectivity index (χ2v) is 7.36. The fourth-order valence-corrected chi connectivity index (χ4v) is 3.77. The van der Waals surface area contributed by atoms with E-state index in [4.69, 9.17) is 0 Å². The van der Waals surface area contributed by atoms with Gasteiger partial charge in [0.05, 0.1) is 41.0 Å². The summed E-state index contributed by atoms with van der Waals surface area (Å²) in [4.78, 5) is 16.9. The third-order valence-electron chi connectivity index (χ3n) is 4.11. The van der Waals surface area contributed by atoms with Crippen LogP contribution in [-0.4, -0.2) is 34.6 Å². The molecule has 0 saturated heterocycles. The number of nitrogens with zero attached hydrogens (tertiary/aromatic N) is 6. The average Bonchev–Trinajstić information content (AvgIpc) is 3.39. The van der Waals surface area contributed by atoms with Crippen molar-refractivity contribution >= 4 is 34.1 Å². The highest BCUT2D eigenvalue weighted by atomic mass is 32.1. The molecule has 0 unspecified atom stereocenters. The van der Waals surface area contributed by atoms with Gasteiger partial charge in [-0.15, -0.1) is 16.4 Å². The van der Waals surface area contributed by atoms with Crippen molar-refractivity contribution < 1.29 is 9.18 Å². The minimum atomic E-state index is -0.392. The topological polar surface area (TPSA) is 98.5 Å². The molecule has 28 heavy (non-hydrogen) atoms. The van der Waals surface area contributed by atoms with E-state index >= 15 is 0 Å². The first kappa shape index (κ1) is 18.3. The molecule has 0 aliphatic carbocycles. The van der Waals surface area contributed by atoms with Gasteiger partial charge in [-0.3, -0.25) is 10.1 Å². The van der Waals surface area contributed by atoms with Crippen molar-refractivity contribution in [1.82, 2.24) is 28.7 Å². The van der Waals surface area contributed by atoms with Crippen molar-refractivity contribution in [2.75, 3.05) is 5.32 Å². The van der Waals surface area contributed by atoms with Crippen LogP contribution in [0.2, 0.25) is 0 Å². The summed E-state index contributed by atoms with van der Waals surface area (Å²) in [7, 11) is 0. The number of aryl methyl sites for hydroxylation is 1. The number of nitrogens with one attached hydrogen (secondary N) is 1. The largest absolute Gasteiger partial charge is 0.296 e. The molecule has 3 heterocycles. The standard InChI is InChI=1S/C17H14FN7OS2/c1-9-13(23-28-22-9)7-25-10(2)15(21-24-25)16(26)20-17-19-14(8-27-17)11-3-5-12(18)6-4-11/h3-6,8H,7H2,1-2H3,(H,19,20,26). The molecule has 0 saturated carbocycles. The molecule has 0 bridgehead atoms. The molecule has 0 aliphatic heterocycles. The molecule has 0 spiro atoms. The van der Waals surface area contributed by atoms with Gasteiger partial charge in [0.2, 0.25) is 0 Å². The van der Waals surface area contributed by atoms with Crippen LogP contribution in [0.5, 0.6) is 0 Å². The first-order valence-corrected chi connectivity index (χ1v) is 9.83. The van der Waals surface area contributed by atoms with E-state index < -0.39 is 5.91 Å². The zero-order chi connectivity index (χ0) is 19.7. The third kappa shape index (κ3) is 3.66. The smallest absolute Gasteiger partial charge is 0.279 e. The molecule has 1 aromatic carbocycles. The number of hydrogen-bond acceptors (Lipinski definition) is 8. The Hall–Kier alpha value is -3.05. The maximum Gasteiger partial charge on any atom is 0.279 e. The van der Waals surface area contributed by atoms with Crippen LogP contribution in [0.25, 0.3) is 11.3 Å². The number of thiazole rings is 1. The van der Waals surface area contributed by atoms with Gasteiger partial charge in [0.1, 0.15) is 5.82 Å². The van der Waals surface area contributed by atoms with Gasteiger partial charge in [-0.25, -0.2) is 14.1 Å². The first-order chi connectivity index (χ1) is 13.5. The third-order valence-corrected chi connectivity index (χ3v) is 5.52. The van der Waals surface area contributed by atoms with Crippen molar-refractivity contribution in [3.63, 3.8) is 0 Å². The number of aromatic nitrogens is 6. The van der Waals surface area contributed by atoms with Gasteiger partial charge >= 0.3 is 0 Å². The Balaban J connectivity index is 1.48. The van der Waals surface area contributed by atoms with E-state index in [2.05, 4.69) is 29.4 Å². The van der Waals surface area contributed by atoms with Crippen LogP contribution in [0.1, 0.15) is 27.6 Å². The van der Waals surface area contributed by atoms with Gasteiger partial charge in [0, 0.05) is 10.9 Å². The molecule has 0 atom stereocenters. The van der Waals surface area contributed by atoms with Gasteiger partial charge < -0.3 is 0 Å². The lowest BCUT2D eigenvalue weighted by molar-refractivity contribution is 0.102. The highest BCUT2D eigenvalue weighted by molar-refractivity contribution is 7.14. The zero-order valence-corrected chi connectivity index (χ0v) is 16.5. The molecule has 4 aromatic rings. The van der Waals surface area contributed by atoms with E-state index in [0.29, 0.717) is 23.1 Å². The van der Waals surface area contributed by atoms with Crippen LogP contribution < -0.4 is 5.32 Å². The number of hydrogen-bond donors (Lipinski definition) is 1.